The molecule has 7 nitrogen and oxygen atoms in total. The first kappa shape index (κ1) is 17.6. The van der Waals surface area contributed by atoms with Crippen LogP contribution in [-0.4, -0.2) is 48.6 Å². The number of hydrogen-bond donors (Lipinski definition) is 2. The molecule has 2 aromatic carbocycles. The predicted octanol–water partition coefficient (Wildman–Crippen LogP) is 3.71. The maximum atomic E-state index is 6.09. The number of morpholine rings is 1. The Morgan fingerprint density at radius 3 is 2.67 bits per heavy atom. The molecule has 27 heavy (non-hydrogen) atoms. The van der Waals surface area contributed by atoms with E-state index in [0.29, 0.717) is 22.5 Å². The Balaban J connectivity index is 1.49. The van der Waals surface area contributed by atoms with E-state index in [-0.39, 0.29) is 0 Å². The number of nitrogens with zero attached hydrogens (tertiary/aromatic N) is 3. The number of hydrogen-bond acceptors (Lipinski definition) is 6. The van der Waals surface area contributed by atoms with E-state index in [0.717, 1.165) is 37.6 Å². The Bertz CT molecular complexity index is 907. The monoisotopic (exact) mass is 385 g/mol. The summed E-state index contributed by atoms with van der Waals surface area (Å²) in [6.07, 6.45) is 0. The lowest BCUT2D eigenvalue weighted by molar-refractivity contribution is 0.122. The highest BCUT2D eigenvalue weighted by Crippen LogP contribution is 2.31. The molecule has 3 aromatic rings. The van der Waals surface area contributed by atoms with Gasteiger partial charge in [-0.05, 0) is 42.5 Å². The van der Waals surface area contributed by atoms with E-state index in [4.69, 9.17) is 21.1 Å². The van der Waals surface area contributed by atoms with E-state index >= 15 is 0 Å². The van der Waals surface area contributed by atoms with Crippen LogP contribution >= 0.6 is 11.6 Å². The second kappa shape index (κ2) is 7.85. The van der Waals surface area contributed by atoms with Crippen LogP contribution in [0, 0.1) is 0 Å². The molecule has 4 rings (SSSR count). The highest BCUT2D eigenvalue weighted by molar-refractivity contribution is 6.30. The Kier molecular flexibility index (Phi) is 5.13. The van der Waals surface area contributed by atoms with Gasteiger partial charge in [-0.25, -0.2) is 0 Å². The fourth-order valence-corrected chi connectivity index (χ4v) is 3.18. The van der Waals surface area contributed by atoms with E-state index in [2.05, 4.69) is 37.5 Å². The summed E-state index contributed by atoms with van der Waals surface area (Å²) in [7, 11) is 1.61. The lowest BCUT2D eigenvalue weighted by Crippen LogP contribution is -2.36. The number of benzene rings is 2. The van der Waals surface area contributed by atoms with Crippen molar-refractivity contribution in [2.75, 3.05) is 43.6 Å². The van der Waals surface area contributed by atoms with Gasteiger partial charge >= 0.3 is 0 Å². The van der Waals surface area contributed by atoms with Gasteiger partial charge < -0.3 is 19.7 Å². The van der Waals surface area contributed by atoms with Crippen molar-refractivity contribution in [3.8, 4) is 17.1 Å². The summed E-state index contributed by atoms with van der Waals surface area (Å²) in [5.74, 6) is 1.74. The van der Waals surface area contributed by atoms with Gasteiger partial charge in [0, 0.05) is 29.5 Å². The Hall–Kier alpha value is -2.77. The standard InChI is InChI=1S/C19H20ClN5O2/c1-26-17-7-2-13(20)12-16(17)18-22-19(24-23-18)21-14-3-5-15(6-4-14)25-8-10-27-11-9-25/h2-7,12H,8-11H2,1H3,(H2,21,22,23,24). The van der Waals surface area contributed by atoms with Crippen molar-refractivity contribution in [1.82, 2.24) is 15.2 Å². The van der Waals surface area contributed by atoms with Crippen LogP contribution in [0.3, 0.4) is 0 Å². The van der Waals surface area contributed by atoms with Crippen LogP contribution in [0.1, 0.15) is 0 Å². The van der Waals surface area contributed by atoms with E-state index in [9.17, 15) is 0 Å². The molecular formula is C19H20ClN5O2. The highest BCUT2D eigenvalue weighted by atomic mass is 35.5. The number of rotatable bonds is 5. The number of anilines is 3. The zero-order chi connectivity index (χ0) is 18.6. The maximum Gasteiger partial charge on any atom is 0.246 e. The van der Waals surface area contributed by atoms with Crippen molar-refractivity contribution >= 4 is 28.9 Å². The Morgan fingerprint density at radius 1 is 1.15 bits per heavy atom. The summed E-state index contributed by atoms with van der Waals surface area (Å²) < 4.78 is 10.8. The van der Waals surface area contributed by atoms with Crippen molar-refractivity contribution in [2.45, 2.75) is 0 Å². The van der Waals surface area contributed by atoms with Gasteiger partial charge in [0.15, 0.2) is 5.82 Å². The summed E-state index contributed by atoms with van der Waals surface area (Å²) in [5.41, 5.74) is 2.85. The average Bonchev–Trinajstić information content (AvgIpc) is 3.17. The lowest BCUT2D eigenvalue weighted by atomic mass is 10.2. The van der Waals surface area contributed by atoms with Gasteiger partial charge in [0.25, 0.3) is 0 Å². The molecule has 0 aliphatic carbocycles. The third-order valence-corrected chi connectivity index (χ3v) is 4.64. The SMILES string of the molecule is COc1ccc(Cl)cc1-c1nc(Nc2ccc(N3CCOCC3)cc2)n[nH]1. The fourth-order valence-electron chi connectivity index (χ4n) is 3.01. The third kappa shape index (κ3) is 3.99. The number of nitrogens with one attached hydrogen (secondary N) is 2. The molecule has 0 radical (unpaired) electrons. The van der Waals surface area contributed by atoms with E-state index < -0.39 is 0 Å². The summed E-state index contributed by atoms with van der Waals surface area (Å²) in [6, 6.07) is 13.6. The van der Waals surface area contributed by atoms with Gasteiger partial charge in [0.1, 0.15) is 5.75 Å². The molecule has 1 aliphatic heterocycles. The molecule has 1 fully saturated rings. The molecule has 0 amide bonds. The topological polar surface area (TPSA) is 75.3 Å². The molecule has 0 unspecified atom stereocenters. The summed E-state index contributed by atoms with van der Waals surface area (Å²) in [4.78, 5) is 6.80. The lowest BCUT2D eigenvalue weighted by Gasteiger charge is -2.28. The molecule has 2 N–H and O–H groups in total. The molecule has 0 spiro atoms. The van der Waals surface area contributed by atoms with Crippen molar-refractivity contribution in [1.29, 1.82) is 0 Å². The smallest absolute Gasteiger partial charge is 0.246 e. The highest BCUT2D eigenvalue weighted by Gasteiger charge is 2.13. The number of methoxy groups -OCH3 is 1. The number of H-pyrrole nitrogens is 1. The average molecular weight is 386 g/mol. The molecule has 8 heteroatoms. The largest absolute Gasteiger partial charge is 0.496 e. The molecule has 2 heterocycles. The molecule has 0 atom stereocenters. The molecule has 1 aliphatic rings. The molecular weight excluding hydrogens is 366 g/mol. The zero-order valence-electron chi connectivity index (χ0n) is 14.9. The summed E-state index contributed by atoms with van der Waals surface area (Å²) >= 11 is 6.09. The molecule has 1 aromatic heterocycles. The molecule has 1 saturated heterocycles. The first-order chi connectivity index (χ1) is 13.2. The van der Waals surface area contributed by atoms with Crippen LogP contribution in [0.5, 0.6) is 5.75 Å². The van der Waals surface area contributed by atoms with Crippen LogP contribution in [0.25, 0.3) is 11.4 Å². The van der Waals surface area contributed by atoms with E-state index in [1.807, 2.05) is 12.1 Å². The van der Waals surface area contributed by atoms with Gasteiger partial charge in [-0.2, -0.15) is 4.98 Å². The van der Waals surface area contributed by atoms with Crippen LogP contribution in [0.2, 0.25) is 5.02 Å². The minimum atomic E-state index is 0.478. The minimum Gasteiger partial charge on any atom is -0.496 e. The third-order valence-electron chi connectivity index (χ3n) is 4.40. The zero-order valence-corrected chi connectivity index (χ0v) is 15.7. The van der Waals surface area contributed by atoms with Crippen molar-refractivity contribution in [3.05, 3.63) is 47.5 Å². The Morgan fingerprint density at radius 2 is 1.93 bits per heavy atom. The second-order valence-electron chi connectivity index (χ2n) is 6.12. The van der Waals surface area contributed by atoms with Gasteiger partial charge in [-0.15, -0.1) is 5.10 Å². The van der Waals surface area contributed by atoms with Crippen LogP contribution < -0.4 is 15.0 Å². The normalized spacial score (nSPS) is 14.2. The van der Waals surface area contributed by atoms with Crippen molar-refractivity contribution < 1.29 is 9.47 Å². The summed E-state index contributed by atoms with van der Waals surface area (Å²) in [6.45, 7) is 3.37. The second-order valence-corrected chi connectivity index (χ2v) is 6.56. The van der Waals surface area contributed by atoms with Crippen LogP contribution in [-0.2, 0) is 4.74 Å². The molecule has 140 valence electrons. The number of aromatic nitrogens is 3. The first-order valence-electron chi connectivity index (χ1n) is 8.69. The molecule has 0 bridgehead atoms. The van der Waals surface area contributed by atoms with E-state index in [1.54, 1.807) is 25.3 Å². The van der Waals surface area contributed by atoms with Gasteiger partial charge in [0.05, 0.1) is 25.9 Å². The van der Waals surface area contributed by atoms with Gasteiger partial charge in [0.2, 0.25) is 5.95 Å². The van der Waals surface area contributed by atoms with Crippen LogP contribution in [0.15, 0.2) is 42.5 Å². The quantitative estimate of drug-likeness (QED) is 0.697. The van der Waals surface area contributed by atoms with Crippen LogP contribution in [0.4, 0.5) is 17.3 Å². The summed E-state index contributed by atoms with van der Waals surface area (Å²) in [5, 5.41) is 11.0. The van der Waals surface area contributed by atoms with Gasteiger partial charge in [-0.1, -0.05) is 11.6 Å². The first-order valence-corrected chi connectivity index (χ1v) is 9.07. The van der Waals surface area contributed by atoms with Crippen molar-refractivity contribution in [3.63, 3.8) is 0 Å². The predicted molar refractivity (Wildman–Crippen MR) is 106 cm³/mol. The molecule has 0 saturated carbocycles. The number of ether oxygens (including phenoxy) is 2. The van der Waals surface area contributed by atoms with Crippen molar-refractivity contribution in [2.24, 2.45) is 0 Å². The number of halogens is 1. The minimum absolute atomic E-state index is 0.478. The van der Waals surface area contributed by atoms with E-state index in [1.165, 1.54) is 5.69 Å². The van der Waals surface area contributed by atoms with Gasteiger partial charge in [-0.3, -0.25) is 5.10 Å². The Labute approximate surface area is 162 Å². The number of aromatic amines is 1. The fraction of sp³-hybridized carbons (Fsp3) is 0.263. The maximum absolute atomic E-state index is 6.09.